The van der Waals surface area contributed by atoms with Crippen LogP contribution in [0.25, 0.3) is 0 Å². The quantitative estimate of drug-likeness (QED) is 0.599. The Morgan fingerprint density at radius 1 is 1.67 bits per heavy atom. The Morgan fingerprint density at radius 2 is 2.27 bits per heavy atom. The third-order valence-corrected chi connectivity index (χ3v) is 3.03. The monoisotopic (exact) mass is 214 g/mol. The van der Waals surface area contributed by atoms with Crippen LogP contribution < -0.4 is 11.1 Å². The second-order valence-corrected chi connectivity index (χ2v) is 4.71. The van der Waals surface area contributed by atoms with Gasteiger partial charge in [0.1, 0.15) is 0 Å². The molecule has 0 radical (unpaired) electrons. The summed E-state index contributed by atoms with van der Waals surface area (Å²) >= 11 is 0. The second kappa shape index (κ2) is 4.94. The summed E-state index contributed by atoms with van der Waals surface area (Å²) < 4.78 is 0. The minimum absolute atomic E-state index is 0.139. The van der Waals surface area contributed by atoms with Crippen molar-refractivity contribution in [2.45, 2.75) is 51.2 Å². The lowest BCUT2D eigenvalue weighted by molar-refractivity contribution is -0.127. The summed E-state index contributed by atoms with van der Waals surface area (Å²) in [6.45, 7) is 4.08. The first-order valence-electron chi connectivity index (χ1n) is 5.73. The van der Waals surface area contributed by atoms with Gasteiger partial charge in [-0.05, 0) is 32.1 Å². The van der Waals surface area contributed by atoms with Crippen molar-refractivity contribution in [1.29, 1.82) is 0 Å². The lowest BCUT2D eigenvalue weighted by atomic mass is 9.96. The molecule has 88 valence electrons. The van der Waals surface area contributed by atoms with Gasteiger partial charge in [-0.1, -0.05) is 13.3 Å². The van der Waals surface area contributed by atoms with Gasteiger partial charge in [-0.25, -0.2) is 0 Å². The molecule has 0 aliphatic heterocycles. The van der Waals surface area contributed by atoms with Crippen molar-refractivity contribution in [3.05, 3.63) is 0 Å². The van der Waals surface area contributed by atoms with E-state index in [1.54, 1.807) is 6.92 Å². The van der Waals surface area contributed by atoms with Crippen molar-refractivity contribution in [3.8, 4) is 0 Å². The fraction of sp³-hybridized carbons (Fsp3) is 0.909. The third kappa shape index (κ3) is 3.47. The number of nitrogens with two attached hydrogens (primary N) is 1. The smallest absolute Gasteiger partial charge is 0.240 e. The van der Waals surface area contributed by atoms with E-state index >= 15 is 0 Å². The highest BCUT2D eigenvalue weighted by atomic mass is 16.3. The maximum atomic E-state index is 11.7. The number of aliphatic hydroxyl groups excluding tert-OH is 1. The van der Waals surface area contributed by atoms with Gasteiger partial charge >= 0.3 is 0 Å². The number of aliphatic hydroxyl groups is 1. The Bertz CT molecular complexity index is 225. The van der Waals surface area contributed by atoms with Crippen molar-refractivity contribution < 1.29 is 9.90 Å². The predicted molar refractivity (Wildman–Crippen MR) is 59.2 cm³/mol. The number of amides is 1. The molecular formula is C11H22N2O2. The largest absolute Gasteiger partial charge is 0.391 e. The van der Waals surface area contributed by atoms with Crippen LogP contribution in [0.4, 0.5) is 0 Å². The van der Waals surface area contributed by atoms with Crippen LogP contribution in [0.5, 0.6) is 0 Å². The minimum atomic E-state index is -0.758. The molecule has 0 saturated heterocycles. The first-order valence-corrected chi connectivity index (χ1v) is 5.73. The summed E-state index contributed by atoms with van der Waals surface area (Å²) in [6.07, 6.45) is 3.26. The van der Waals surface area contributed by atoms with Crippen LogP contribution in [-0.4, -0.2) is 29.2 Å². The summed E-state index contributed by atoms with van der Waals surface area (Å²) in [5, 5.41) is 12.2. The number of carbonyl (C=O) groups excluding carboxylic acids is 1. The molecule has 4 nitrogen and oxygen atoms in total. The topological polar surface area (TPSA) is 75.3 Å². The lowest BCUT2D eigenvalue weighted by Gasteiger charge is -2.24. The van der Waals surface area contributed by atoms with Gasteiger partial charge in [0.05, 0.1) is 11.6 Å². The Morgan fingerprint density at radius 3 is 2.73 bits per heavy atom. The third-order valence-electron chi connectivity index (χ3n) is 3.03. The van der Waals surface area contributed by atoms with E-state index in [4.69, 9.17) is 5.73 Å². The van der Waals surface area contributed by atoms with E-state index in [1.165, 1.54) is 0 Å². The fourth-order valence-electron chi connectivity index (χ4n) is 1.70. The highest BCUT2D eigenvalue weighted by Gasteiger charge is 2.43. The Hall–Kier alpha value is -0.610. The van der Waals surface area contributed by atoms with Gasteiger partial charge in [-0.15, -0.1) is 0 Å². The van der Waals surface area contributed by atoms with Crippen LogP contribution in [0, 0.1) is 5.92 Å². The number of hydrogen-bond acceptors (Lipinski definition) is 3. The zero-order valence-corrected chi connectivity index (χ0v) is 9.62. The number of hydrogen-bond donors (Lipinski definition) is 3. The standard InChI is InChI=1S/C11H22N2O2/c1-3-4-9(14)7-13-10(15)11(2,12)8-5-6-8/h8-9,14H,3-7,12H2,1-2H3,(H,13,15). The normalized spacial score (nSPS) is 21.9. The van der Waals surface area contributed by atoms with Gasteiger partial charge in [-0.3, -0.25) is 4.79 Å². The second-order valence-electron chi connectivity index (χ2n) is 4.71. The Balaban J connectivity index is 2.28. The molecule has 15 heavy (non-hydrogen) atoms. The fourth-order valence-corrected chi connectivity index (χ4v) is 1.70. The van der Waals surface area contributed by atoms with Crippen molar-refractivity contribution >= 4 is 5.91 Å². The molecule has 1 fully saturated rings. The average Bonchev–Trinajstić information content (AvgIpc) is 2.97. The first kappa shape index (κ1) is 12.5. The molecule has 2 atom stereocenters. The van der Waals surface area contributed by atoms with Crippen LogP contribution in [0.1, 0.15) is 39.5 Å². The van der Waals surface area contributed by atoms with E-state index in [9.17, 15) is 9.90 Å². The van der Waals surface area contributed by atoms with Crippen molar-refractivity contribution in [2.24, 2.45) is 11.7 Å². The van der Waals surface area contributed by atoms with E-state index in [2.05, 4.69) is 5.32 Å². The van der Waals surface area contributed by atoms with Crippen LogP contribution in [0.3, 0.4) is 0 Å². The maximum absolute atomic E-state index is 11.7. The van der Waals surface area contributed by atoms with Crippen molar-refractivity contribution in [3.63, 3.8) is 0 Å². The predicted octanol–water partition coefficient (Wildman–Crippen LogP) is 0.391. The SMILES string of the molecule is CCCC(O)CNC(=O)C(C)(N)C1CC1. The van der Waals surface area contributed by atoms with E-state index in [0.717, 1.165) is 19.3 Å². The number of carbonyl (C=O) groups is 1. The van der Waals surface area contributed by atoms with E-state index in [1.807, 2.05) is 6.92 Å². The highest BCUT2D eigenvalue weighted by molar-refractivity contribution is 5.86. The molecule has 2 unspecified atom stereocenters. The molecule has 1 rings (SSSR count). The molecule has 0 aromatic heterocycles. The zero-order chi connectivity index (χ0) is 11.5. The number of nitrogens with one attached hydrogen (secondary N) is 1. The van der Waals surface area contributed by atoms with Gasteiger partial charge in [-0.2, -0.15) is 0 Å². The van der Waals surface area contributed by atoms with Gasteiger partial charge in [0.15, 0.2) is 0 Å². The van der Waals surface area contributed by atoms with Crippen LogP contribution in [0.2, 0.25) is 0 Å². The van der Waals surface area contributed by atoms with Crippen molar-refractivity contribution in [1.82, 2.24) is 5.32 Å². The van der Waals surface area contributed by atoms with Gasteiger partial charge in [0, 0.05) is 6.54 Å². The molecule has 1 amide bonds. The Kier molecular flexibility index (Phi) is 4.11. The molecule has 0 spiro atoms. The lowest BCUT2D eigenvalue weighted by Crippen LogP contribution is -2.54. The Labute approximate surface area is 91.2 Å². The van der Waals surface area contributed by atoms with Crippen LogP contribution in [0.15, 0.2) is 0 Å². The zero-order valence-electron chi connectivity index (χ0n) is 9.62. The molecule has 1 aliphatic carbocycles. The maximum Gasteiger partial charge on any atom is 0.240 e. The summed E-state index contributed by atoms with van der Waals surface area (Å²) in [6, 6.07) is 0. The highest BCUT2D eigenvalue weighted by Crippen LogP contribution is 2.38. The minimum Gasteiger partial charge on any atom is -0.391 e. The van der Waals surface area contributed by atoms with Crippen molar-refractivity contribution in [2.75, 3.05) is 6.54 Å². The molecule has 4 heteroatoms. The molecule has 0 heterocycles. The van der Waals surface area contributed by atoms with E-state index in [0.29, 0.717) is 18.9 Å². The summed E-state index contributed by atoms with van der Waals surface area (Å²) in [7, 11) is 0. The van der Waals surface area contributed by atoms with Crippen LogP contribution >= 0.6 is 0 Å². The van der Waals surface area contributed by atoms with E-state index in [-0.39, 0.29) is 5.91 Å². The molecular weight excluding hydrogens is 192 g/mol. The average molecular weight is 214 g/mol. The van der Waals surface area contributed by atoms with Gasteiger partial charge in [0.25, 0.3) is 0 Å². The molecule has 1 aliphatic rings. The first-order chi connectivity index (χ1) is 6.98. The molecule has 0 aromatic rings. The molecule has 0 bridgehead atoms. The molecule has 1 saturated carbocycles. The van der Waals surface area contributed by atoms with E-state index < -0.39 is 11.6 Å². The summed E-state index contributed by atoms with van der Waals surface area (Å²) in [5.41, 5.74) is 5.17. The summed E-state index contributed by atoms with van der Waals surface area (Å²) in [4.78, 5) is 11.7. The molecule has 4 N–H and O–H groups in total. The van der Waals surface area contributed by atoms with Gasteiger partial charge in [0.2, 0.25) is 5.91 Å². The van der Waals surface area contributed by atoms with Crippen LogP contribution in [-0.2, 0) is 4.79 Å². The van der Waals surface area contributed by atoms with Gasteiger partial charge < -0.3 is 16.2 Å². The summed E-state index contributed by atoms with van der Waals surface area (Å²) in [5.74, 6) is 0.181. The number of rotatable bonds is 6. The molecule has 0 aromatic carbocycles.